The molecule has 4 aromatic heterocycles. The third-order valence-corrected chi connectivity index (χ3v) is 5.92. The van der Waals surface area contributed by atoms with Crippen LogP contribution in [0.15, 0.2) is 52.1 Å². The second kappa shape index (κ2) is 6.92. The Labute approximate surface area is 177 Å². The quantitative estimate of drug-likeness (QED) is 0.396. The van der Waals surface area contributed by atoms with Crippen LogP contribution in [0.3, 0.4) is 0 Å². The molecule has 4 heterocycles. The molecule has 0 bridgehead atoms. The summed E-state index contributed by atoms with van der Waals surface area (Å²) in [6.45, 7) is 1.72. The van der Waals surface area contributed by atoms with Crippen molar-refractivity contribution in [1.29, 1.82) is 0 Å². The highest BCUT2D eigenvalue weighted by atomic mass is 32.1. The number of H-pyrrole nitrogens is 1. The zero-order chi connectivity index (χ0) is 21.7. The maximum absolute atomic E-state index is 12.9. The molecule has 0 aliphatic heterocycles. The Hall–Kier alpha value is -4.25. The monoisotopic (exact) mass is 434 g/mol. The summed E-state index contributed by atoms with van der Waals surface area (Å²) in [5, 5.41) is 7.03. The molecule has 1 aromatic carbocycles. The first-order valence-electron chi connectivity index (χ1n) is 9.07. The maximum Gasteiger partial charge on any atom is 0.417 e. The number of aryl methyl sites for hydroxylation is 1. The highest BCUT2D eigenvalue weighted by Gasteiger charge is 2.18. The number of nitrogens with zero attached hydrogens (tertiary/aromatic N) is 3. The van der Waals surface area contributed by atoms with E-state index in [0.29, 0.717) is 32.9 Å². The Kier molecular flexibility index (Phi) is 4.19. The van der Waals surface area contributed by atoms with Gasteiger partial charge in [0.1, 0.15) is 4.83 Å². The summed E-state index contributed by atoms with van der Waals surface area (Å²) in [5.74, 6) is -1.53. The standard InChI is InChI=1S/C20H14N6O4S/c1-9-13(5-11(6-22-9)17(21)27)24-18(28)12-7-23-26-8-16(31-19(12)26)10-2-3-15-14(4-10)25-20(29)30-15/h2-8H,1H3,(H2,21,27)(H,24,28)(H,25,29). The first kappa shape index (κ1) is 18.8. The fourth-order valence-electron chi connectivity index (χ4n) is 3.16. The van der Waals surface area contributed by atoms with Crippen LogP contribution >= 0.6 is 11.3 Å². The van der Waals surface area contributed by atoms with Gasteiger partial charge in [-0.25, -0.2) is 9.31 Å². The van der Waals surface area contributed by atoms with Crippen molar-refractivity contribution in [3.05, 3.63) is 70.2 Å². The lowest BCUT2D eigenvalue weighted by Gasteiger charge is -2.08. The molecule has 5 aromatic rings. The van der Waals surface area contributed by atoms with Crippen molar-refractivity contribution in [2.24, 2.45) is 5.73 Å². The summed E-state index contributed by atoms with van der Waals surface area (Å²) in [6.07, 6.45) is 4.64. The number of fused-ring (bicyclic) bond motifs is 2. The van der Waals surface area contributed by atoms with Crippen molar-refractivity contribution < 1.29 is 14.0 Å². The van der Waals surface area contributed by atoms with Crippen molar-refractivity contribution in [3.8, 4) is 10.4 Å². The molecule has 11 heteroatoms. The molecule has 2 amide bonds. The highest BCUT2D eigenvalue weighted by Crippen LogP contribution is 2.32. The Bertz CT molecular complexity index is 1560. The maximum atomic E-state index is 12.9. The normalized spacial score (nSPS) is 11.3. The summed E-state index contributed by atoms with van der Waals surface area (Å²) < 4.78 is 6.64. The van der Waals surface area contributed by atoms with Crippen LogP contribution in [0.4, 0.5) is 5.69 Å². The smallest absolute Gasteiger partial charge is 0.408 e. The molecule has 0 spiro atoms. The average molecular weight is 434 g/mol. The second-order valence-corrected chi connectivity index (χ2v) is 7.83. The first-order valence-corrected chi connectivity index (χ1v) is 9.89. The molecule has 0 aliphatic rings. The minimum Gasteiger partial charge on any atom is -0.408 e. The van der Waals surface area contributed by atoms with E-state index in [-0.39, 0.29) is 11.5 Å². The number of aromatic nitrogens is 4. The zero-order valence-electron chi connectivity index (χ0n) is 16.0. The molecule has 5 rings (SSSR count). The van der Waals surface area contributed by atoms with E-state index in [1.54, 1.807) is 29.8 Å². The SMILES string of the molecule is Cc1ncc(C(N)=O)cc1NC(=O)c1cnn2cc(-c3ccc4oc(=O)[nH]c4c3)sc12. The van der Waals surface area contributed by atoms with Crippen LogP contribution in [0.5, 0.6) is 0 Å². The Morgan fingerprint density at radius 1 is 1.26 bits per heavy atom. The third kappa shape index (κ3) is 3.26. The van der Waals surface area contributed by atoms with E-state index in [1.807, 2.05) is 6.07 Å². The molecule has 0 saturated carbocycles. The minimum absolute atomic E-state index is 0.201. The van der Waals surface area contributed by atoms with Gasteiger partial charge in [0.05, 0.1) is 39.1 Å². The molecule has 0 aliphatic carbocycles. The first-order chi connectivity index (χ1) is 14.9. The second-order valence-electron chi connectivity index (χ2n) is 6.80. The van der Waals surface area contributed by atoms with Crippen molar-refractivity contribution in [2.45, 2.75) is 6.92 Å². The van der Waals surface area contributed by atoms with Crippen molar-refractivity contribution in [2.75, 3.05) is 5.32 Å². The van der Waals surface area contributed by atoms with Gasteiger partial charge >= 0.3 is 5.76 Å². The van der Waals surface area contributed by atoms with Crippen molar-refractivity contribution >= 4 is 44.8 Å². The number of hydrogen-bond acceptors (Lipinski definition) is 7. The number of rotatable bonds is 4. The van der Waals surface area contributed by atoms with E-state index < -0.39 is 11.7 Å². The Morgan fingerprint density at radius 3 is 2.90 bits per heavy atom. The van der Waals surface area contributed by atoms with Crippen molar-refractivity contribution in [3.63, 3.8) is 0 Å². The van der Waals surface area contributed by atoms with Crippen LogP contribution in [0.2, 0.25) is 0 Å². The number of carbonyl (C=O) groups excluding carboxylic acids is 2. The molecular weight excluding hydrogens is 420 g/mol. The fourth-order valence-corrected chi connectivity index (χ4v) is 4.22. The van der Waals surface area contributed by atoms with E-state index in [9.17, 15) is 14.4 Å². The number of primary amides is 1. The lowest BCUT2D eigenvalue weighted by Crippen LogP contribution is -2.16. The van der Waals surface area contributed by atoms with E-state index in [4.69, 9.17) is 10.2 Å². The van der Waals surface area contributed by atoms with Gasteiger partial charge in [-0.05, 0) is 36.8 Å². The van der Waals surface area contributed by atoms with Gasteiger partial charge in [-0.15, -0.1) is 11.3 Å². The average Bonchev–Trinajstić information content (AvgIpc) is 3.41. The minimum atomic E-state index is -0.630. The number of amides is 2. The Balaban J connectivity index is 1.49. The molecule has 154 valence electrons. The summed E-state index contributed by atoms with van der Waals surface area (Å²) >= 11 is 1.38. The van der Waals surface area contributed by atoms with Crippen LogP contribution in [-0.2, 0) is 0 Å². The zero-order valence-corrected chi connectivity index (χ0v) is 16.8. The van der Waals surface area contributed by atoms with Gasteiger partial charge in [-0.1, -0.05) is 0 Å². The van der Waals surface area contributed by atoms with E-state index >= 15 is 0 Å². The topological polar surface area (TPSA) is 148 Å². The van der Waals surface area contributed by atoms with Gasteiger partial charge in [0.2, 0.25) is 5.91 Å². The van der Waals surface area contributed by atoms with E-state index in [2.05, 4.69) is 20.4 Å². The van der Waals surface area contributed by atoms with E-state index in [0.717, 1.165) is 10.4 Å². The highest BCUT2D eigenvalue weighted by molar-refractivity contribution is 7.21. The van der Waals surface area contributed by atoms with Crippen LogP contribution in [0.1, 0.15) is 26.4 Å². The number of hydrogen-bond donors (Lipinski definition) is 3. The summed E-state index contributed by atoms with van der Waals surface area (Å²) in [7, 11) is 0. The molecule has 10 nitrogen and oxygen atoms in total. The summed E-state index contributed by atoms with van der Waals surface area (Å²) in [4.78, 5) is 43.9. The number of thiazole rings is 1. The third-order valence-electron chi connectivity index (χ3n) is 4.76. The predicted octanol–water partition coefficient (Wildman–Crippen LogP) is 2.55. The lowest BCUT2D eigenvalue weighted by molar-refractivity contribution is 0.0996. The number of nitrogens with one attached hydrogen (secondary N) is 2. The number of nitrogens with two attached hydrogens (primary N) is 1. The van der Waals surface area contributed by atoms with Crippen LogP contribution < -0.4 is 16.8 Å². The summed E-state index contributed by atoms with van der Waals surface area (Å²) in [6, 6.07) is 6.83. The predicted molar refractivity (Wildman–Crippen MR) is 114 cm³/mol. The lowest BCUT2D eigenvalue weighted by atomic mass is 10.2. The molecular formula is C20H14N6O4S. The Morgan fingerprint density at radius 2 is 2.10 bits per heavy atom. The molecule has 0 atom stereocenters. The largest absolute Gasteiger partial charge is 0.417 e. The fraction of sp³-hybridized carbons (Fsp3) is 0.0500. The number of benzene rings is 1. The van der Waals surface area contributed by atoms with Crippen LogP contribution in [0.25, 0.3) is 26.4 Å². The van der Waals surface area contributed by atoms with Crippen LogP contribution in [0, 0.1) is 6.92 Å². The molecule has 0 fully saturated rings. The van der Waals surface area contributed by atoms with Gasteiger partial charge in [-0.3, -0.25) is 19.6 Å². The van der Waals surface area contributed by atoms with Gasteiger partial charge in [0.15, 0.2) is 5.58 Å². The number of pyridine rings is 1. The van der Waals surface area contributed by atoms with E-state index in [1.165, 1.54) is 29.8 Å². The van der Waals surface area contributed by atoms with Gasteiger partial charge in [0, 0.05) is 12.4 Å². The van der Waals surface area contributed by atoms with Crippen LogP contribution in [-0.4, -0.2) is 31.4 Å². The number of carbonyl (C=O) groups is 2. The summed E-state index contributed by atoms with van der Waals surface area (Å²) in [5.41, 5.74) is 8.72. The van der Waals surface area contributed by atoms with Gasteiger partial charge in [0.25, 0.3) is 5.91 Å². The number of oxazole rings is 1. The molecule has 4 N–H and O–H groups in total. The molecule has 0 saturated heterocycles. The molecule has 0 radical (unpaired) electrons. The molecule has 0 unspecified atom stereocenters. The van der Waals surface area contributed by atoms with Gasteiger partial charge in [-0.2, -0.15) is 5.10 Å². The number of aromatic amines is 1. The van der Waals surface area contributed by atoms with Crippen molar-refractivity contribution in [1.82, 2.24) is 19.6 Å². The van der Waals surface area contributed by atoms with Gasteiger partial charge < -0.3 is 15.5 Å². The number of anilines is 1. The molecule has 31 heavy (non-hydrogen) atoms.